The molecule has 1 heterocycles. The second kappa shape index (κ2) is 3.49. The van der Waals surface area contributed by atoms with Crippen LogP contribution in [0.3, 0.4) is 0 Å². The maximum absolute atomic E-state index is 11.2. The fraction of sp³-hybridized carbons (Fsp3) is 0.111. The van der Waals surface area contributed by atoms with Crippen molar-refractivity contribution < 1.29 is 9.53 Å². The molecular weight excluding hydrogens is 198 g/mol. The fourth-order valence-electron chi connectivity index (χ4n) is 1.29. The highest BCUT2D eigenvalue weighted by Crippen LogP contribution is 2.14. The summed E-state index contributed by atoms with van der Waals surface area (Å²) in [5.74, 6) is -0.439. The minimum Gasteiger partial charge on any atom is -0.465 e. The van der Waals surface area contributed by atoms with Crippen LogP contribution in [0.4, 0.5) is 0 Å². The van der Waals surface area contributed by atoms with Gasteiger partial charge in [-0.15, -0.1) is 14.8 Å². The van der Waals surface area contributed by atoms with E-state index in [9.17, 15) is 9.70 Å². The molecule has 6 heteroatoms. The van der Waals surface area contributed by atoms with Crippen LogP contribution in [0.15, 0.2) is 29.7 Å². The summed E-state index contributed by atoms with van der Waals surface area (Å²) < 4.78 is 4.56. The van der Waals surface area contributed by atoms with Crippen molar-refractivity contribution in [2.45, 2.75) is 0 Å². The van der Waals surface area contributed by atoms with Crippen LogP contribution in [-0.4, -0.2) is 23.0 Å². The first-order chi connectivity index (χ1) is 7.24. The molecule has 0 N–H and O–H groups in total. The van der Waals surface area contributed by atoms with Gasteiger partial charge in [0.2, 0.25) is 0 Å². The van der Waals surface area contributed by atoms with Gasteiger partial charge >= 0.3 is 5.97 Å². The lowest BCUT2D eigenvalue weighted by Gasteiger charge is -1.97. The number of hydrogen-bond acceptors (Lipinski definition) is 5. The molecule has 0 amide bonds. The van der Waals surface area contributed by atoms with Gasteiger partial charge in [-0.25, -0.2) is 4.79 Å². The van der Waals surface area contributed by atoms with Crippen molar-refractivity contribution in [2.24, 2.45) is 5.29 Å². The van der Waals surface area contributed by atoms with Gasteiger partial charge in [-0.3, -0.25) is 0 Å². The Labute approximate surface area is 84.4 Å². The summed E-state index contributed by atoms with van der Waals surface area (Å²) in [7, 11) is 1.30. The Morgan fingerprint density at radius 1 is 1.53 bits per heavy atom. The largest absolute Gasteiger partial charge is 0.465 e. The van der Waals surface area contributed by atoms with Crippen LogP contribution in [0.25, 0.3) is 10.9 Å². The Bertz CT molecular complexity index is 532. The molecule has 0 bridgehead atoms. The third kappa shape index (κ3) is 1.56. The molecule has 0 saturated heterocycles. The lowest BCUT2D eigenvalue weighted by Crippen LogP contribution is -2.00. The zero-order chi connectivity index (χ0) is 10.8. The van der Waals surface area contributed by atoms with Crippen LogP contribution in [0, 0.1) is 4.91 Å². The molecule has 1 aromatic heterocycles. The van der Waals surface area contributed by atoms with E-state index < -0.39 is 5.97 Å². The van der Waals surface area contributed by atoms with Gasteiger partial charge < -0.3 is 4.74 Å². The zero-order valence-corrected chi connectivity index (χ0v) is 7.88. The monoisotopic (exact) mass is 205 g/mol. The lowest BCUT2D eigenvalue weighted by molar-refractivity contribution is 0.0601. The van der Waals surface area contributed by atoms with Gasteiger partial charge in [0.1, 0.15) is 0 Å². The average molecular weight is 205 g/mol. The molecule has 0 unspecified atom stereocenters. The molecule has 1 aromatic carbocycles. The van der Waals surface area contributed by atoms with Crippen LogP contribution in [-0.2, 0) is 4.74 Å². The molecule has 0 aliphatic rings. The second-order valence-corrected chi connectivity index (χ2v) is 2.90. The van der Waals surface area contributed by atoms with E-state index in [4.69, 9.17) is 0 Å². The molecule has 0 spiro atoms. The molecule has 0 saturated carbocycles. The zero-order valence-electron chi connectivity index (χ0n) is 7.88. The number of ether oxygens (including phenoxy) is 1. The smallest absolute Gasteiger partial charge is 0.337 e. The summed E-state index contributed by atoms with van der Waals surface area (Å²) in [6.07, 6.45) is 1.48. The second-order valence-electron chi connectivity index (χ2n) is 2.90. The number of esters is 1. The van der Waals surface area contributed by atoms with Crippen LogP contribution in [0.2, 0.25) is 0 Å². The van der Waals surface area contributed by atoms with Crippen molar-refractivity contribution in [3.8, 4) is 0 Å². The van der Waals surface area contributed by atoms with Gasteiger partial charge in [0, 0.05) is 5.39 Å². The summed E-state index contributed by atoms with van der Waals surface area (Å²) in [6.45, 7) is 0. The maximum Gasteiger partial charge on any atom is 0.337 e. The van der Waals surface area contributed by atoms with Crippen LogP contribution in [0.1, 0.15) is 10.4 Å². The van der Waals surface area contributed by atoms with Crippen LogP contribution in [0.5, 0.6) is 0 Å². The SMILES string of the molecule is COC(=O)c1ccc2cn(N=O)nc2c1. The van der Waals surface area contributed by atoms with E-state index in [0.717, 1.165) is 10.2 Å². The summed E-state index contributed by atoms with van der Waals surface area (Å²) in [4.78, 5) is 22.3. The summed E-state index contributed by atoms with van der Waals surface area (Å²) in [5, 5.41) is 7.22. The standard InChI is InChI=1S/C9H7N3O3/c1-15-9(13)6-2-3-7-5-12(11-14)10-8(7)4-6/h2-5H,1H3. The highest BCUT2D eigenvalue weighted by Gasteiger charge is 2.08. The molecule has 0 radical (unpaired) electrons. The number of nitrogens with zero attached hydrogens (tertiary/aromatic N) is 3. The molecule has 0 atom stereocenters. The van der Waals surface area contributed by atoms with Crippen molar-refractivity contribution >= 4 is 16.9 Å². The van der Waals surface area contributed by atoms with Gasteiger partial charge in [0.25, 0.3) is 0 Å². The van der Waals surface area contributed by atoms with Crippen molar-refractivity contribution in [3.63, 3.8) is 0 Å². The van der Waals surface area contributed by atoms with Crippen LogP contribution < -0.4 is 0 Å². The Morgan fingerprint density at radius 3 is 3.00 bits per heavy atom. The lowest BCUT2D eigenvalue weighted by atomic mass is 10.2. The minimum atomic E-state index is -0.439. The topological polar surface area (TPSA) is 73.6 Å². The fourth-order valence-corrected chi connectivity index (χ4v) is 1.29. The molecule has 0 fully saturated rings. The van der Waals surface area contributed by atoms with Gasteiger partial charge in [-0.2, -0.15) is 0 Å². The number of nitroso groups, excluding NO2 is 1. The molecule has 76 valence electrons. The predicted octanol–water partition coefficient (Wildman–Crippen LogP) is 1.35. The number of fused-ring (bicyclic) bond motifs is 1. The van der Waals surface area contributed by atoms with E-state index in [1.54, 1.807) is 18.2 Å². The first-order valence-corrected chi connectivity index (χ1v) is 4.16. The summed E-state index contributed by atoms with van der Waals surface area (Å²) >= 11 is 0. The average Bonchev–Trinajstić information content (AvgIpc) is 2.69. The van der Waals surface area contributed by atoms with Crippen LogP contribution >= 0.6 is 0 Å². The van der Waals surface area contributed by atoms with Crippen molar-refractivity contribution in [2.75, 3.05) is 7.11 Å². The first kappa shape index (κ1) is 9.32. The number of carbonyl (C=O) groups is 1. The van der Waals surface area contributed by atoms with E-state index >= 15 is 0 Å². The Kier molecular flexibility index (Phi) is 2.17. The molecule has 2 rings (SSSR count). The van der Waals surface area contributed by atoms with Gasteiger partial charge in [0.05, 0.1) is 29.7 Å². The quantitative estimate of drug-likeness (QED) is 0.548. The Hall–Kier alpha value is -2.24. The minimum absolute atomic E-state index is 0.390. The molecular formula is C9H7N3O3. The van der Waals surface area contributed by atoms with Gasteiger partial charge in [-0.1, -0.05) is 6.07 Å². The molecule has 6 nitrogen and oxygen atoms in total. The van der Waals surface area contributed by atoms with Crippen molar-refractivity contribution in [1.29, 1.82) is 0 Å². The number of benzene rings is 1. The third-order valence-electron chi connectivity index (χ3n) is 2.00. The summed E-state index contributed by atoms with van der Waals surface area (Å²) in [5.41, 5.74) is 0.915. The normalized spacial score (nSPS) is 10.2. The number of methoxy groups -OCH3 is 1. The van der Waals surface area contributed by atoms with E-state index in [1.807, 2.05) is 0 Å². The maximum atomic E-state index is 11.2. The molecule has 0 aliphatic carbocycles. The van der Waals surface area contributed by atoms with Gasteiger partial charge in [0.15, 0.2) is 0 Å². The van der Waals surface area contributed by atoms with Crippen molar-refractivity contribution in [3.05, 3.63) is 34.9 Å². The highest BCUT2D eigenvalue weighted by atomic mass is 16.5. The Morgan fingerprint density at radius 2 is 2.33 bits per heavy atom. The number of hydrogen-bond donors (Lipinski definition) is 0. The third-order valence-corrected chi connectivity index (χ3v) is 2.00. The van der Waals surface area contributed by atoms with E-state index in [-0.39, 0.29) is 0 Å². The number of aromatic nitrogens is 2. The van der Waals surface area contributed by atoms with E-state index in [2.05, 4.69) is 15.1 Å². The van der Waals surface area contributed by atoms with Gasteiger partial charge in [-0.05, 0) is 12.1 Å². The van der Waals surface area contributed by atoms with E-state index in [1.165, 1.54) is 13.3 Å². The number of rotatable bonds is 2. The molecule has 2 aromatic rings. The first-order valence-electron chi connectivity index (χ1n) is 4.16. The Balaban J connectivity index is 2.55. The highest BCUT2D eigenvalue weighted by molar-refractivity contribution is 5.94. The molecule has 15 heavy (non-hydrogen) atoms. The molecule has 0 aliphatic heterocycles. The number of carbonyl (C=O) groups excluding carboxylic acids is 1. The van der Waals surface area contributed by atoms with Crippen molar-refractivity contribution in [1.82, 2.24) is 9.89 Å². The predicted molar refractivity (Wildman–Crippen MR) is 52.3 cm³/mol. The van der Waals surface area contributed by atoms with E-state index in [0.29, 0.717) is 11.1 Å². The summed E-state index contributed by atoms with van der Waals surface area (Å²) in [6, 6.07) is 4.82.